The Morgan fingerprint density at radius 2 is 2.12 bits per heavy atom. The van der Waals surface area contributed by atoms with Crippen LogP contribution in [0.15, 0.2) is 36.5 Å². The van der Waals surface area contributed by atoms with Crippen LogP contribution in [0.3, 0.4) is 0 Å². The molecule has 176 valence electrons. The third kappa shape index (κ3) is 3.67. The lowest BCUT2D eigenvalue weighted by Gasteiger charge is -2.31. The summed E-state index contributed by atoms with van der Waals surface area (Å²) in [6, 6.07) is 10.1. The van der Waals surface area contributed by atoms with Crippen LogP contribution in [0.25, 0.3) is 33.6 Å². The molecule has 34 heavy (non-hydrogen) atoms. The first kappa shape index (κ1) is 21.6. The number of benzene rings is 1. The first-order valence-corrected chi connectivity index (χ1v) is 14.2. The summed E-state index contributed by atoms with van der Waals surface area (Å²) in [5.74, 6) is 2.33. The number of pyridine rings is 1. The first-order valence-electron chi connectivity index (χ1n) is 12.0. The first-order chi connectivity index (χ1) is 16.5. The van der Waals surface area contributed by atoms with Gasteiger partial charge in [-0.2, -0.15) is 0 Å². The Morgan fingerprint density at radius 1 is 1.26 bits per heavy atom. The Hall–Kier alpha value is -2.92. The fraction of sp³-hybridized carbons (Fsp3) is 0.423. The molecule has 0 radical (unpaired) electrons. The molecule has 0 unspecified atom stereocenters. The third-order valence-corrected chi connectivity index (χ3v) is 8.99. The van der Waals surface area contributed by atoms with E-state index in [1.807, 2.05) is 36.3 Å². The van der Waals surface area contributed by atoms with Crippen LogP contribution in [0.4, 0.5) is 0 Å². The second-order valence-electron chi connectivity index (χ2n) is 9.68. The number of rotatable bonds is 5. The number of amides is 1. The van der Waals surface area contributed by atoms with E-state index in [2.05, 4.69) is 32.9 Å². The topological polar surface area (TPSA) is 65.2 Å². The molecular weight excluding hydrogens is 445 g/mol. The summed E-state index contributed by atoms with van der Waals surface area (Å²) < 4.78 is 10.2. The SMILES string of the molecule is COc1cc(C(=O)N2CCC[P@@](C)C2)cc2nc(-c3cc4cccnc4n3CC3CC3)n(C)c12. The number of imidazole rings is 1. The highest BCUT2D eigenvalue weighted by Gasteiger charge is 2.27. The highest BCUT2D eigenvalue weighted by atomic mass is 31.1. The van der Waals surface area contributed by atoms with E-state index in [0.717, 1.165) is 59.4 Å². The molecule has 2 aliphatic rings. The van der Waals surface area contributed by atoms with E-state index in [0.29, 0.717) is 17.2 Å². The molecule has 0 bridgehead atoms. The van der Waals surface area contributed by atoms with Gasteiger partial charge in [-0.05, 0) is 68.3 Å². The summed E-state index contributed by atoms with van der Waals surface area (Å²) in [6.07, 6.45) is 7.59. The number of nitrogens with zero attached hydrogens (tertiary/aromatic N) is 5. The molecule has 1 aliphatic heterocycles. The number of aromatic nitrogens is 4. The van der Waals surface area contributed by atoms with Crippen molar-refractivity contribution < 1.29 is 9.53 Å². The highest BCUT2D eigenvalue weighted by molar-refractivity contribution is 7.56. The molecule has 7 nitrogen and oxygen atoms in total. The van der Waals surface area contributed by atoms with E-state index in [4.69, 9.17) is 9.72 Å². The maximum absolute atomic E-state index is 13.4. The highest BCUT2D eigenvalue weighted by Crippen LogP contribution is 2.39. The Morgan fingerprint density at radius 3 is 2.88 bits per heavy atom. The van der Waals surface area contributed by atoms with E-state index in [9.17, 15) is 4.79 Å². The van der Waals surface area contributed by atoms with Crippen LogP contribution in [0.1, 0.15) is 29.6 Å². The predicted molar refractivity (Wildman–Crippen MR) is 137 cm³/mol. The zero-order chi connectivity index (χ0) is 23.4. The Kier molecular flexibility index (Phi) is 5.33. The van der Waals surface area contributed by atoms with Gasteiger partial charge in [0.2, 0.25) is 0 Å². The van der Waals surface area contributed by atoms with Crippen LogP contribution in [-0.4, -0.2) is 62.7 Å². The number of fused-ring (bicyclic) bond motifs is 2. The van der Waals surface area contributed by atoms with Gasteiger partial charge in [-0.3, -0.25) is 4.79 Å². The molecule has 1 aliphatic carbocycles. The average molecular weight is 476 g/mol. The van der Waals surface area contributed by atoms with E-state index in [1.54, 1.807) is 7.11 Å². The monoisotopic (exact) mass is 475 g/mol. The molecule has 1 amide bonds. The fourth-order valence-electron chi connectivity index (χ4n) is 5.15. The van der Waals surface area contributed by atoms with Gasteiger partial charge < -0.3 is 18.8 Å². The van der Waals surface area contributed by atoms with Crippen molar-refractivity contribution in [2.24, 2.45) is 13.0 Å². The molecule has 1 saturated heterocycles. The second-order valence-corrected chi connectivity index (χ2v) is 12.1. The van der Waals surface area contributed by atoms with Crippen LogP contribution < -0.4 is 4.74 Å². The molecule has 3 aromatic heterocycles. The molecule has 2 fully saturated rings. The normalized spacial score (nSPS) is 18.7. The minimum atomic E-state index is -0.102. The van der Waals surface area contributed by atoms with Gasteiger partial charge in [0.15, 0.2) is 5.82 Å². The van der Waals surface area contributed by atoms with Crippen molar-refractivity contribution in [3.8, 4) is 17.3 Å². The van der Waals surface area contributed by atoms with Gasteiger partial charge in [-0.1, -0.05) is 7.92 Å². The zero-order valence-electron chi connectivity index (χ0n) is 20.0. The average Bonchev–Trinajstić information content (AvgIpc) is 3.52. The van der Waals surface area contributed by atoms with Gasteiger partial charge in [-0.25, -0.2) is 9.97 Å². The third-order valence-electron chi connectivity index (χ3n) is 7.09. The molecule has 1 saturated carbocycles. The van der Waals surface area contributed by atoms with Crippen LogP contribution >= 0.6 is 7.92 Å². The molecular formula is C26H30N5O2P. The van der Waals surface area contributed by atoms with Crippen molar-refractivity contribution in [3.63, 3.8) is 0 Å². The van der Waals surface area contributed by atoms with Crippen LogP contribution in [0, 0.1) is 5.92 Å². The van der Waals surface area contributed by atoms with Gasteiger partial charge in [0.05, 0.1) is 18.3 Å². The smallest absolute Gasteiger partial charge is 0.254 e. The molecule has 8 heteroatoms. The Balaban J connectivity index is 1.47. The summed E-state index contributed by atoms with van der Waals surface area (Å²) in [6.45, 7) is 4.06. The van der Waals surface area contributed by atoms with Crippen molar-refractivity contribution in [3.05, 3.63) is 42.1 Å². The Bertz CT molecular complexity index is 1400. The molecule has 1 aromatic carbocycles. The molecule has 6 rings (SSSR count). The van der Waals surface area contributed by atoms with E-state index in [-0.39, 0.29) is 13.8 Å². The van der Waals surface area contributed by atoms with Crippen molar-refractivity contribution in [2.45, 2.75) is 25.8 Å². The maximum atomic E-state index is 13.4. The minimum Gasteiger partial charge on any atom is -0.494 e. The van der Waals surface area contributed by atoms with Crippen molar-refractivity contribution in [2.75, 3.05) is 32.8 Å². The molecule has 4 aromatic rings. The summed E-state index contributed by atoms with van der Waals surface area (Å²) in [7, 11) is 3.58. The van der Waals surface area contributed by atoms with Crippen molar-refractivity contribution in [1.29, 1.82) is 0 Å². The van der Waals surface area contributed by atoms with Gasteiger partial charge in [0, 0.05) is 43.6 Å². The van der Waals surface area contributed by atoms with Gasteiger partial charge in [0.25, 0.3) is 5.91 Å². The number of aryl methyl sites for hydroxylation is 1. The molecule has 1 atom stereocenters. The quantitative estimate of drug-likeness (QED) is 0.384. The van der Waals surface area contributed by atoms with Crippen LogP contribution in [0.5, 0.6) is 5.75 Å². The summed E-state index contributed by atoms with van der Waals surface area (Å²) in [5.41, 5.74) is 4.40. The van der Waals surface area contributed by atoms with Gasteiger partial charge >= 0.3 is 0 Å². The summed E-state index contributed by atoms with van der Waals surface area (Å²) >= 11 is 0. The minimum absolute atomic E-state index is 0.0773. The van der Waals surface area contributed by atoms with Gasteiger partial charge in [0.1, 0.15) is 16.9 Å². The number of carbonyl (C=O) groups is 1. The molecule has 0 spiro atoms. The lowest BCUT2D eigenvalue weighted by molar-refractivity contribution is 0.0779. The second kappa shape index (κ2) is 8.38. The number of carbonyl (C=O) groups excluding carboxylic acids is 1. The van der Waals surface area contributed by atoms with Crippen LogP contribution in [-0.2, 0) is 13.6 Å². The van der Waals surface area contributed by atoms with Crippen molar-refractivity contribution in [1.82, 2.24) is 24.0 Å². The lowest BCUT2D eigenvalue weighted by Crippen LogP contribution is -2.35. The lowest BCUT2D eigenvalue weighted by atomic mass is 10.1. The summed E-state index contributed by atoms with van der Waals surface area (Å²) in [4.78, 5) is 25.1. The predicted octanol–water partition coefficient (Wildman–Crippen LogP) is 4.92. The van der Waals surface area contributed by atoms with E-state index >= 15 is 0 Å². The summed E-state index contributed by atoms with van der Waals surface area (Å²) in [5, 5.41) is 1.12. The van der Waals surface area contributed by atoms with Gasteiger partial charge in [-0.15, -0.1) is 0 Å². The number of hydrogen-bond donors (Lipinski definition) is 0. The molecule has 4 heterocycles. The standard InChI is InChI=1S/C26H30N5O2P/c1-29-23-20(12-19(14-22(23)33-2)26(32)30-10-5-11-34(3)16-30)28-25(29)21-13-18-6-4-9-27-24(18)31(21)15-17-7-8-17/h4,6,9,12-14,17H,5,7-8,10-11,15-16H2,1-3H3/t34-/m1/s1. The maximum Gasteiger partial charge on any atom is 0.254 e. The molecule has 0 N–H and O–H groups in total. The van der Waals surface area contributed by atoms with E-state index < -0.39 is 0 Å². The van der Waals surface area contributed by atoms with Crippen LogP contribution in [0.2, 0.25) is 0 Å². The fourth-order valence-corrected chi connectivity index (χ4v) is 6.82. The largest absolute Gasteiger partial charge is 0.494 e. The van der Waals surface area contributed by atoms with Crippen molar-refractivity contribution >= 4 is 35.9 Å². The van der Waals surface area contributed by atoms with E-state index in [1.165, 1.54) is 19.0 Å². The Labute approximate surface area is 200 Å². The zero-order valence-corrected chi connectivity index (χ0v) is 20.9. The number of ether oxygens (including phenoxy) is 1. The number of methoxy groups -OCH3 is 1. The number of hydrogen-bond acceptors (Lipinski definition) is 4.